The maximum atomic E-state index is 12.4. The van der Waals surface area contributed by atoms with Crippen molar-refractivity contribution >= 4 is 6.29 Å². The summed E-state index contributed by atoms with van der Waals surface area (Å²) in [6.07, 6.45) is -10.6. The number of aldehydes is 1. The molecule has 19 heavy (non-hydrogen) atoms. The lowest BCUT2D eigenvalue weighted by molar-refractivity contribution is -0.374. The first-order chi connectivity index (χ1) is 8.45. The smallest absolute Gasteiger partial charge is 0.358 e. The van der Waals surface area contributed by atoms with Crippen molar-refractivity contribution in [3.05, 3.63) is 0 Å². The Bertz CT molecular complexity index is 275. The SMILES string of the molecule is CN(CC=O)CCCOC(C)(C(F)(F)F)C(F)(F)F. The first-order valence-corrected chi connectivity index (χ1v) is 5.35. The predicted molar refractivity (Wildman–Crippen MR) is 54.6 cm³/mol. The molecule has 0 unspecified atom stereocenters. The largest absolute Gasteiger partial charge is 0.426 e. The zero-order valence-corrected chi connectivity index (χ0v) is 10.4. The van der Waals surface area contributed by atoms with Crippen molar-refractivity contribution in [2.24, 2.45) is 0 Å². The van der Waals surface area contributed by atoms with E-state index in [9.17, 15) is 31.1 Å². The summed E-state index contributed by atoms with van der Waals surface area (Å²) in [5.74, 6) is 0. The average Bonchev–Trinajstić information content (AvgIpc) is 2.21. The van der Waals surface area contributed by atoms with Crippen LogP contribution >= 0.6 is 0 Å². The van der Waals surface area contributed by atoms with Crippen LogP contribution in [0.25, 0.3) is 0 Å². The maximum Gasteiger partial charge on any atom is 0.426 e. The van der Waals surface area contributed by atoms with Crippen LogP contribution in [-0.2, 0) is 9.53 Å². The first kappa shape index (κ1) is 18.2. The van der Waals surface area contributed by atoms with Crippen LogP contribution < -0.4 is 0 Å². The van der Waals surface area contributed by atoms with E-state index in [-0.39, 0.29) is 26.4 Å². The van der Waals surface area contributed by atoms with Crippen molar-refractivity contribution in [3.63, 3.8) is 0 Å². The summed E-state index contributed by atoms with van der Waals surface area (Å²) in [6, 6.07) is 0. The highest BCUT2D eigenvalue weighted by molar-refractivity contribution is 5.51. The van der Waals surface area contributed by atoms with Gasteiger partial charge in [0.25, 0.3) is 5.60 Å². The Morgan fingerprint density at radius 1 is 1.11 bits per heavy atom. The van der Waals surface area contributed by atoms with Gasteiger partial charge in [-0.05, 0) is 20.4 Å². The zero-order valence-electron chi connectivity index (χ0n) is 10.4. The molecule has 0 N–H and O–H groups in total. The van der Waals surface area contributed by atoms with Crippen molar-refractivity contribution in [1.29, 1.82) is 0 Å². The molecule has 0 amide bonds. The second-order valence-electron chi connectivity index (χ2n) is 4.16. The molecule has 0 saturated heterocycles. The molecule has 3 nitrogen and oxygen atoms in total. The van der Waals surface area contributed by atoms with Gasteiger partial charge in [-0.1, -0.05) is 0 Å². The lowest BCUT2D eigenvalue weighted by Gasteiger charge is -2.33. The van der Waals surface area contributed by atoms with E-state index in [4.69, 9.17) is 0 Å². The molecule has 0 atom stereocenters. The van der Waals surface area contributed by atoms with Crippen LogP contribution in [0.2, 0.25) is 0 Å². The second kappa shape index (κ2) is 6.56. The van der Waals surface area contributed by atoms with E-state index in [1.807, 2.05) is 0 Å². The summed E-state index contributed by atoms with van der Waals surface area (Å²) in [7, 11) is 1.51. The molecule has 0 aromatic rings. The number of halogens is 6. The van der Waals surface area contributed by atoms with Crippen molar-refractivity contribution in [1.82, 2.24) is 4.90 Å². The fourth-order valence-corrected chi connectivity index (χ4v) is 1.15. The Morgan fingerprint density at radius 2 is 1.58 bits per heavy atom. The number of ether oxygens (including phenoxy) is 1. The standard InChI is InChI=1S/C10H15F6NO2/c1-8(9(11,12)13,10(14,15)16)19-7-3-4-17(2)5-6-18/h6H,3-5,7H2,1-2H3. The second-order valence-corrected chi connectivity index (χ2v) is 4.16. The Morgan fingerprint density at radius 3 is 1.95 bits per heavy atom. The topological polar surface area (TPSA) is 29.5 Å². The van der Waals surface area contributed by atoms with Gasteiger partial charge in [-0.15, -0.1) is 0 Å². The summed E-state index contributed by atoms with van der Waals surface area (Å²) in [5, 5.41) is 0. The van der Waals surface area contributed by atoms with E-state index in [1.54, 1.807) is 0 Å². The summed E-state index contributed by atoms with van der Waals surface area (Å²) in [6.45, 7) is -0.540. The van der Waals surface area contributed by atoms with E-state index >= 15 is 0 Å². The number of hydrogen-bond acceptors (Lipinski definition) is 3. The Balaban J connectivity index is 4.44. The highest BCUT2D eigenvalue weighted by Crippen LogP contribution is 2.45. The van der Waals surface area contributed by atoms with Crippen LogP contribution in [0.1, 0.15) is 13.3 Å². The molecule has 0 rings (SSSR count). The van der Waals surface area contributed by atoms with Gasteiger partial charge >= 0.3 is 12.4 Å². The van der Waals surface area contributed by atoms with Crippen LogP contribution in [0, 0.1) is 0 Å². The highest BCUT2D eigenvalue weighted by Gasteiger charge is 2.69. The quantitative estimate of drug-likeness (QED) is 0.410. The normalized spacial score (nSPS) is 13.9. The van der Waals surface area contributed by atoms with Crippen molar-refractivity contribution in [2.75, 3.05) is 26.7 Å². The van der Waals surface area contributed by atoms with Crippen LogP contribution in [0.15, 0.2) is 0 Å². The molecule has 0 radical (unpaired) electrons. The van der Waals surface area contributed by atoms with Gasteiger partial charge < -0.3 is 9.53 Å². The minimum Gasteiger partial charge on any atom is -0.358 e. The fourth-order valence-electron chi connectivity index (χ4n) is 1.15. The molecule has 0 fully saturated rings. The molecule has 0 saturated carbocycles. The molecule has 0 aromatic heterocycles. The minimum absolute atomic E-state index is 0.0395. The summed E-state index contributed by atoms with van der Waals surface area (Å²) < 4.78 is 78.5. The zero-order chi connectivity index (χ0) is 15.3. The van der Waals surface area contributed by atoms with Crippen molar-refractivity contribution in [3.8, 4) is 0 Å². The molecule has 0 aliphatic heterocycles. The minimum atomic E-state index is -5.54. The van der Waals surface area contributed by atoms with Crippen LogP contribution in [-0.4, -0.2) is 55.9 Å². The van der Waals surface area contributed by atoms with Gasteiger partial charge in [-0.3, -0.25) is 4.90 Å². The summed E-state index contributed by atoms with van der Waals surface area (Å²) >= 11 is 0. The van der Waals surface area contributed by atoms with Crippen LogP contribution in [0.4, 0.5) is 26.3 Å². The highest BCUT2D eigenvalue weighted by atomic mass is 19.4. The molecule has 0 aromatic carbocycles. The van der Waals surface area contributed by atoms with Crippen molar-refractivity contribution in [2.45, 2.75) is 31.3 Å². The predicted octanol–water partition coefficient (Wildman–Crippen LogP) is 2.41. The number of alkyl halides is 6. The molecular formula is C10H15F6NO2. The monoisotopic (exact) mass is 295 g/mol. The third kappa shape index (κ3) is 4.98. The van der Waals surface area contributed by atoms with E-state index < -0.39 is 24.6 Å². The lowest BCUT2D eigenvalue weighted by Crippen LogP contribution is -2.56. The van der Waals surface area contributed by atoms with E-state index in [0.29, 0.717) is 6.29 Å². The first-order valence-electron chi connectivity index (χ1n) is 5.35. The van der Waals surface area contributed by atoms with Gasteiger partial charge in [-0.2, -0.15) is 26.3 Å². The van der Waals surface area contributed by atoms with Gasteiger partial charge in [0.05, 0.1) is 6.54 Å². The summed E-state index contributed by atoms with van der Waals surface area (Å²) in [5.41, 5.74) is -4.18. The number of nitrogens with zero attached hydrogens (tertiary/aromatic N) is 1. The Hall–Kier alpha value is -0.830. The van der Waals surface area contributed by atoms with Crippen molar-refractivity contribution < 1.29 is 35.9 Å². The lowest BCUT2D eigenvalue weighted by atomic mass is 10.1. The van der Waals surface area contributed by atoms with E-state index in [0.717, 1.165) is 0 Å². The number of carbonyl (C=O) groups is 1. The molecule has 114 valence electrons. The molecule has 0 spiro atoms. The third-order valence-electron chi connectivity index (χ3n) is 2.54. The molecule has 0 aliphatic carbocycles. The molecule has 0 heterocycles. The number of hydrogen-bond donors (Lipinski definition) is 0. The summed E-state index contributed by atoms with van der Waals surface area (Å²) in [4.78, 5) is 11.6. The number of likely N-dealkylation sites (N-methyl/N-ethyl adjacent to an activating group) is 1. The van der Waals surface area contributed by atoms with Crippen LogP contribution in [0.3, 0.4) is 0 Å². The number of carbonyl (C=O) groups excluding carboxylic acids is 1. The fraction of sp³-hybridized carbons (Fsp3) is 0.900. The van der Waals surface area contributed by atoms with Gasteiger partial charge in [0.15, 0.2) is 0 Å². The van der Waals surface area contributed by atoms with Gasteiger partial charge in [-0.25, -0.2) is 0 Å². The van der Waals surface area contributed by atoms with E-state index in [2.05, 4.69) is 4.74 Å². The Kier molecular flexibility index (Phi) is 6.27. The molecular weight excluding hydrogens is 280 g/mol. The molecule has 0 aliphatic rings. The van der Waals surface area contributed by atoms with E-state index in [1.165, 1.54) is 11.9 Å². The van der Waals surface area contributed by atoms with Gasteiger partial charge in [0.2, 0.25) is 0 Å². The maximum absolute atomic E-state index is 12.4. The average molecular weight is 295 g/mol. The van der Waals surface area contributed by atoms with Gasteiger partial charge in [0.1, 0.15) is 6.29 Å². The Labute approximate surface area is 106 Å². The number of rotatable bonds is 7. The van der Waals surface area contributed by atoms with Gasteiger partial charge in [0, 0.05) is 13.2 Å². The molecule has 9 heteroatoms. The van der Waals surface area contributed by atoms with Crippen LogP contribution in [0.5, 0.6) is 0 Å². The third-order valence-corrected chi connectivity index (χ3v) is 2.54. The molecule has 0 bridgehead atoms.